The van der Waals surface area contributed by atoms with Crippen LogP contribution in [0.3, 0.4) is 0 Å². The largest absolute Gasteiger partial charge is 0.390 e. The van der Waals surface area contributed by atoms with Gasteiger partial charge in [0, 0.05) is 11.3 Å². The summed E-state index contributed by atoms with van der Waals surface area (Å²) in [7, 11) is 0. The Morgan fingerprint density at radius 3 is 2.88 bits per heavy atom. The van der Waals surface area contributed by atoms with Crippen molar-refractivity contribution in [1.82, 2.24) is 29.4 Å². The lowest BCUT2D eigenvalue weighted by Crippen LogP contribution is -2.28. The van der Waals surface area contributed by atoms with Gasteiger partial charge >= 0.3 is 5.82 Å². The van der Waals surface area contributed by atoms with Gasteiger partial charge in [0.2, 0.25) is 0 Å². The Bertz CT molecular complexity index is 1330. The van der Waals surface area contributed by atoms with Crippen LogP contribution in [0.4, 0.5) is 5.82 Å². The molecule has 1 aliphatic rings. The van der Waals surface area contributed by atoms with Gasteiger partial charge in [-0.25, -0.2) is 14.5 Å². The van der Waals surface area contributed by atoms with E-state index in [0.717, 1.165) is 34.4 Å². The third kappa shape index (κ3) is 3.46. The van der Waals surface area contributed by atoms with E-state index in [9.17, 15) is 10.1 Å². The molecule has 0 radical (unpaired) electrons. The van der Waals surface area contributed by atoms with Crippen molar-refractivity contribution in [2.45, 2.75) is 66.3 Å². The number of nitrogens with zero attached hydrogens (tertiary/aromatic N) is 7. The smallest absolute Gasteiger partial charge is 0.358 e. The van der Waals surface area contributed by atoms with E-state index in [1.165, 1.54) is 29.3 Å². The zero-order chi connectivity index (χ0) is 22.6. The van der Waals surface area contributed by atoms with Gasteiger partial charge in [0.15, 0.2) is 11.5 Å². The Hall–Kier alpha value is -2.88. The minimum Gasteiger partial charge on any atom is -0.358 e. The van der Waals surface area contributed by atoms with E-state index in [-0.39, 0.29) is 5.82 Å². The van der Waals surface area contributed by atoms with E-state index in [1.54, 1.807) is 26.9 Å². The van der Waals surface area contributed by atoms with Gasteiger partial charge in [-0.2, -0.15) is 4.68 Å². The molecule has 1 atom stereocenters. The highest BCUT2D eigenvalue weighted by atomic mass is 32.1. The fourth-order valence-electron chi connectivity index (χ4n) is 4.69. The highest BCUT2D eigenvalue weighted by Crippen LogP contribution is 2.44. The van der Waals surface area contributed by atoms with Crippen LogP contribution < -0.4 is 0 Å². The summed E-state index contributed by atoms with van der Waals surface area (Å²) in [6, 6.07) is 1.48. The van der Waals surface area contributed by atoms with Gasteiger partial charge in [-0.1, -0.05) is 27.2 Å². The van der Waals surface area contributed by atoms with E-state index < -0.39 is 4.92 Å². The third-order valence-corrected chi connectivity index (χ3v) is 8.31. The van der Waals surface area contributed by atoms with Crippen molar-refractivity contribution >= 4 is 33.0 Å². The Morgan fingerprint density at radius 1 is 1.34 bits per heavy atom. The van der Waals surface area contributed by atoms with Gasteiger partial charge in [0.05, 0.1) is 28.8 Å². The lowest BCUT2D eigenvalue weighted by atomic mass is 9.70. The minimum atomic E-state index is -0.471. The summed E-state index contributed by atoms with van der Waals surface area (Å²) in [5.74, 6) is 1.25. The number of hydrogen-bond donors (Lipinski definition) is 0. The molecule has 4 aromatic rings. The van der Waals surface area contributed by atoms with Crippen molar-refractivity contribution in [2.75, 3.05) is 0 Å². The van der Waals surface area contributed by atoms with Crippen LogP contribution in [0, 0.1) is 28.4 Å². The summed E-state index contributed by atoms with van der Waals surface area (Å²) in [5.41, 5.74) is 3.35. The number of aryl methyl sites for hydroxylation is 4. The highest BCUT2D eigenvalue weighted by molar-refractivity contribution is 7.19. The molecule has 10 heteroatoms. The summed E-state index contributed by atoms with van der Waals surface area (Å²) in [5, 5.41) is 20.8. The maximum Gasteiger partial charge on any atom is 0.390 e. The molecule has 0 bridgehead atoms. The Morgan fingerprint density at radius 2 is 2.16 bits per heavy atom. The number of rotatable bonds is 6. The molecule has 1 aliphatic carbocycles. The van der Waals surface area contributed by atoms with Crippen LogP contribution in [0.2, 0.25) is 0 Å². The summed E-state index contributed by atoms with van der Waals surface area (Å²) < 4.78 is 3.41. The molecule has 4 aromatic heterocycles. The summed E-state index contributed by atoms with van der Waals surface area (Å²) in [4.78, 5) is 22.5. The van der Waals surface area contributed by atoms with Crippen molar-refractivity contribution in [3.05, 3.63) is 44.5 Å². The second-order valence-electron chi connectivity index (χ2n) is 9.38. The van der Waals surface area contributed by atoms with E-state index >= 15 is 0 Å². The first kappa shape index (κ1) is 21.0. The zero-order valence-electron chi connectivity index (χ0n) is 18.8. The molecule has 4 heterocycles. The first-order valence-electron chi connectivity index (χ1n) is 11.1. The summed E-state index contributed by atoms with van der Waals surface area (Å²) in [6.45, 7) is 9.35. The molecule has 0 saturated heterocycles. The van der Waals surface area contributed by atoms with Crippen LogP contribution in [-0.4, -0.2) is 34.3 Å². The van der Waals surface area contributed by atoms with E-state index in [0.29, 0.717) is 30.1 Å². The molecule has 0 fully saturated rings. The molecule has 0 aliphatic heterocycles. The Balaban J connectivity index is 1.45. The third-order valence-electron chi connectivity index (χ3n) is 7.15. The second kappa shape index (κ2) is 7.61. The van der Waals surface area contributed by atoms with E-state index in [2.05, 4.69) is 36.0 Å². The molecular formula is C22H27N7O2S. The number of thiophene rings is 1. The molecule has 5 rings (SSSR count). The highest BCUT2D eigenvalue weighted by Gasteiger charge is 2.33. The van der Waals surface area contributed by atoms with Crippen molar-refractivity contribution < 1.29 is 4.92 Å². The zero-order valence-corrected chi connectivity index (χ0v) is 19.6. The molecule has 0 spiro atoms. The first-order valence-corrected chi connectivity index (χ1v) is 11.9. The van der Waals surface area contributed by atoms with Crippen LogP contribution in [0.1, 0.15) is 55.6 Å². The summed E-state index contributed by atoms with van der Waals surface area (Å²) in [6.07, 6.45) is 6.84. The normalized spacial score (nSPS) is 16.7. The standard InChI is InChI=1S/C22H27N7O2S/c1-5-22(3,4)14-6-7-15-16(11-14)32-21-19(15)20-24-17(25-28(20)12-23-21)8-9-27-13(2)10-18(26-27)29(30)31/h10,12,14H,5-9,11H2,1-4H3/t14-/m1/s1. The molecule has 0 aromatic carbocycles. The maximum absolute atomic E-state index is 11.0. The van der Waals surface area contributed by atoms with Crippen LogP contribution >= 0.6 is 11.3 Å². The van der Waals surface area contributed by atoms with Crippen molar-refractivity contribution in [3.63, 3.8) is 0 Å². The van der Waals surface area contributed by atoms with Crippen molar-refractivity contribution in [1.29, 1.82) is 0 Å². The molecule has 168 valence electrons. The molecule has 0 saturated carbocycles. The van der Waals surface area contributed by atoms with Crippen molar-refractivity contribution in [3.8, 4) is 0 Å². The average molecular weight is 454 g/mol. The maximum atomic E-state index is 11.0. The second-order valence-corrected chi connectivity index (χ2v) is 10.5. The lowest BCUT2D eigenvalue weighted by molar-refractivity contribution is -0.389. The molecule has 0 N–H and O–H groups in total. The van der Waals surface area contributed by atoms with Gasteiger partial charge in [-0.15, -0.1) is 16.4 Å². The number of aromatic nitrogens is 6. The topological polar surface area (TPSA) is 104 Å². The van der Waals surface area contributed by atoms with Crippen LogP contribution in [0.25, 0.3) is 15.9 Å². The van der Waals surface area contributed by atoms with Crippen LogP contribution in [0.5, 0.6) is 0 Å². The van der Waals surface area contributed by atoms with E-state index in [4.69, 9.17) is 4.98 Å². The summed E-state index contributed by atoms with van der Waals surface area (Å²) >= 11 is 1.80. The predicted molar refractivity (Wildman–Crippen MR) is 123 cm³/mol. The Kier molecular flexibility index (Phi) is 4.99. The monoisotopic (exact) mass is 453 g/mol. The average Bonchev–Trinajstić information content (AvgIpc) is 3.45. The number of nitro groups is 1. The molecule has 32 heavy (non-hydrogen) atoms. The van der Waals surface area contributed by atoms with Gasteiger partial charge < -0.3 is 10.1 Å². The molecule has 9 nitrogen and oxygen atoms in total. The van der Waals surface area contributed by atoms with Gasteiger partial charge in [-0.05, 0) is 48.0 Å². The lowest BCUT2D eigenvalue weighted by Gasteiger charge is -2.36. The number of hydrogen-bond acceptors (Lipinski definition) is 7. The van der Waals surface area contributed by atoms with Crippen LogP contribution in [-0.2, 0) is 25.8 Å². The predicted octanol–water partition coefficient (Wildman–Crippen LogP) is 4.54. The molecule has 0 unspecified atom stereocenters. The van der Waals surface area contributed by atoms with Gasteiger partial charge in [-0.3, -0.25) is 0 Å². The number of fused-ring (bicyclic) bond motifs is 5. The van der Waals surface area contributed by atoms with Crippen LogP contribution in [0.15, 0.2) is 12.4 Å². The quantitative estimate of drug-likeness (QED) is 0.314. The van der Waals surface area contributed by atoms with E-state index in [1.807, 2.05) is 6.92 Å². The minimum absolute atomic E-state index is 0.133. The molecular weight excluding hydrogens is 426 g/mol. The SMILES string of the molecule is CCC(C)(C)[C@@H]1CCc2c(sc3ncn4nc(CCn5nc([N+](=O)[O-])cc5C)nc4c23)C1. The fourth-order valence-corrected chi connectivity index (χ4v) is 5.96. The van der Waals surface area contributed by atoms with Gasteiger partial charge in [0.25, 0.3) is 0 Å². The molecule has 0 amide bonds. The van der Waals surface area contributed by atoms with Gasteiger partial charge in [0.1, 0.15) is 11.2 Å². The van der Waals surface area contributed by atoms with Crippen molar-refractivity contribution in [2.24, 2.45) is 11.3 Å². The first-order chi connectivity index (χ1) is 15.3. The Labute approximate surface area is 189 Å². The fraction of sp³-hybridized carbons (Fsp3) is 0.545.